The Morgan fingerprint density at radius 1 is 1.43 bits per heavy atom. The second-order valence-electron chi connectivity index (χ2n) is 6.27. The molecule has 117 valence electrons. The van der Waals surface area contributed by atoms with Crippen molar-refractivity contribution in [1.29, 1.82) is 5.26 Å². The van der Waals surface area contributed by atoms with Crippen molar-refractivity contribution in [3.63, 3.8) is 0 Å². The Morgan fingerprint density at radius 3 is 2.43 bits per heavy atom. The topological polar surface area (TPSA) is 99.2 Å². The molecular formula is C14H25N4O2Si. The van der Waals surface area contributed by atoms with Crippen LogP contribution in [-0.2, 0) is 4.79 Å². The van der Waals surface area contributed by atoms with Gasteiger partial charge in [-0.05, 0) is 25.4 Å². The van der Waals surface area contributed by atoms with E-state index in [4.69, 9.17) is 5.73 Å². The van der Waals surface area contributed by atoms with Crippen molar-refractivity contribution >= 4 is 19.5 Å². The molecule has 0 aromatic carbocycles. The number of nitrogens with one attached hydrogen (secondary N) is 1. The molecule has 1 rings (SSSR count). The van der Waals surface area contributed by atoms with Gasteiger partial charge in [-0.3, -0.25) is 9.59 Å². The quantitative estimate of drug-likeness (QED) is 0.716. The van der Waals surface area contributed by atoms with Crippen LogP contribution in [0.2, 0.25) is 19.1 Å². The van der Waals surface area contributed by atoms with Crippen LogP contribution in [0, 0.1) is 17.8 Å². The van der Waals surface area contributed by atoms with Gasteiger partial charge in [-0.2, -0.15) is 5.26 Å². The van der Waals surface area contributed by atoms with Gasteiger partial charge in [-0.1, -0.05) is 20.0 Å². The largest absolute Gasteiger partial charge is 0.374 e. The Bertz CT molecular complexity index is 437. The lowest BCUT2D eigenvalue weighted by atomic mass is 9.89. The Balaban J connectivity index is 2.53. The number of carbonyl (C=O) groups is 2. The molecule has 0 bridgehead atoms. The van der Waals surface area contributed by atoms with E-state index < -0.39 is 13.6 Å². The lowest BCUT2D eigenvalue weighted by Crippen LogP contribution is -2.54. The molecule has 1 heterocycles. The van der Waals surface area contributed by atoms with Crippen molar-refractivity contribution in [2.45, 2.75) is 44.4 Å². The minimum atomic E-state index is -2.23. The third-order valence-corrected chi connectivity index (χ3v) is 6.76. The molecule has 2 amide bonds. The molecule has 0 spiro atoms. The molecule has 0 aromatic rings. The summed E-state index contributed by atoms with van der Waals surface area (Å²) in [7, 11) is -2.23. The van der Waals surface area contributed by atoms with Gasteiger partial charge >= 0.3 is 0 Å². The molecule has 1 aliphatic heterocycles. The van der Waals surface area contributed by atoms with E-state index in [-0.39, 0.29) is 11.4 Å². The summed E-state index contributed by atoms with van der Waals surface area (Å²) in [6.07, 6.45) is 2.74. The van der Waals surface area contributed by atoms with E-state index >= 15 is 0 Å². The molecule has 21 heavy (non-hydrogen) atoms. The van der Waals surface area contributed by atoms with E-state index in [2.05, 4.69) is 23.2 Å². The summed E-state index contributed by atoms with van der Waals surface area (Å²) in [6.45, 7) is 8.33. The molecule has 1 fully saturated rings. The summed E-state index contributed by atoms with van der Waals surface area (Å²) >= 11 is 0. The second kappa shape index (κ2) is 7.05. The van der Waals surface area contributed by atoms with Crippen LogP contribution in [0.3, 0.4) is 0 Å². The maximum absolute atomic E-state index is 12.0. The van der Waals surface area contributed by atoms with Crippen molar-refractivity contribution in [1.82, 2.24) is 10.2 Å². The summed E-state index contributed by atoms with van der Waals surface area (Å²) in [5.74, 6) is -0.275. The fourth-order valence-electron chi connectivity index (χ4n) is 2.25. The number of primary amides is 1. The number of carbonyl (C=O) groups excluding carboxylic acids is 2. The number of nitriles is 1. The Kier molecular flexibility index (Phi) is 5.93. The number of hydrogen-bond donors (Lipinski definition) is 2. The summed E-state index contributed by atoms with van der Waals surface area (Å²) in [6, 6.07) is 2.65. The van der Waals surface area contributed by atoms with Gasteiger partial charge in [-0.15, -0.1) is 0 Å². The molecule has 6 nitrogen and oxygen atoms in total. The van der Waals surface area contributed by atoms with Crippen LogP contribution in [0.4, 0.5) is 4.79 Å². The lowest BCUT2D eigenvalue weighted by molar-refractivity contribution is -0.119. The molecule has 0 aliphatic carbocycles. The minimum absolute atomic E-state index is 0.275. The van der Waals surface area contributed by atoms with Gasteiger partial charge in [0.15, 0.2) is 13.6 Å². The first kappa shape index (κ1) is 17.7. The molecule has 0 unspecified atom stereocenters. The van der Waals surface area contributed by atoms with Crippen LogP contribution < -0.4 is 11.1 Å². The van der Waals surface area contributed by atoms with Crippen molar-refractivity contribution in [2.24, 2.45) is 5.73 Å². The number of hydrogen-bond acceptors (Lipinski definition) is 4. The van der Waals surface area contributed by atoms with Gasteiger partial charge in [0.05, 0.1) is 6.07 Å². The molecule has 1 saturated heterocycles. The molecule has 7 heteroatoms. The van der Waals surface area contributed by atoms with Crippen LogP contribution in [0.25, 0.3) is 0 Å². The maximum atomic E-state index is 12.0. The van der Waals surface area contributed by atoms with Crippen LogP contribution in [0.15, 0.2) is 0 Å². The predicted molar refractivity (Wildman–Crippen MR) is 84.0 cm³/mol. The van der Waals surface area contributed by atoms with Crippen LogP contribution >= 0.6 is 0 Å². The molecular weight excluding hydrogens is 284 g/mol. The minimum Gasteiger partial charge on any atom is -0.374 e. The number of nitrogens with two attached hydrogens (primary N) is 1. The Labute approximate surface area is 127 Å². The molecule has 1 radical (unpaired) electrons. The monoisotopic (exact) mass is 309 g/mol. The van der Waals surface area contributed by atoms with Gasteiger partial charge in [0, 0.05) is 19.5 Å². The molecule has 0 aromatic heterocycles. The van der Waals surface area contributed by atoms with E-state index in [9.17, 15) is 14.9 Å². The number of likely N-dealkylation sites (tertiary alicyclic amines) is 1. The highest BCUT2D eigenvalue weighted by Gasteiger charge is 2.36. The first-order chi connectivity index (χ1) is 9.74. The second-order valence-corrected chi connectivity index (χ2v) is 10.9. The van der Waals surface area contributed by atoms with Crippen LogP contribution in [0.5, 0.6) is 0 Å². The summed E-state index contributed by atoms with van der Waals surface area (Å²) in [5.41, 5.74) is 4.25. The standard InChI is InChI=1S/C14H25N4O2Si/c1-4-18-8-6-14(11-15,7-9-18)17-12(19)5-10-21(2,3)13(16)20/h5H,4,6-10H2,1-3H3,(H2,16,20)(H,17,19). The van der Waals surface area contributed by atoms with Crippen LogP contribution in [0.1, 0.15) is 19.8 Å². The fourth-order valence-corrected chi connectivity index (χ4v) is 3.15. The van der Waals surface area contributed by atoms with E-state index in [1.165, 1.54) is 6.42 Å². The maximum Gasteiger partial charge on any atom is 0.224 e. The molecule has 3 N–H and O–H groups in total. The highest BCUT2D eigenvalue weighted by Crippen LogP contribution is 2.22. The van der Waals surface area contributed by atoms with Gasteiger partial charge in [0.25, 0.3) is 0 Å². The normalized spacial score (nSPS) is 18.8. The Hall–Kier alpha value is -1.39. The zero-order chi connectivity index (χ0) is 16.1. The smallest absolute Gasteiger partial charge is 0.224 e. The van der Waals surface area contributed by atoms with Gasteiger partial charge in [-0.25, -0.2) is 0 Å². The molecule has 0 atom stereocenters. The number of piperidine rings is 1. The Morgan fingerprint density at radius 2 is 2.00 bits per heavy atom. The average Bonchev–Trinajstić information content (AvgIpc) is 2.46. The first-order valence-electron chi connectivity index (χ1n) is 7.33. The van der Waals surface area contributed by atoms with E-state index in [0.717, 1.165) is 19.6 Å². The van der Waals surface area contributed by atoms with Crippen molar-refractivity contribution in [3.8, 4) is 6.07 Å². The zero-order valence-corrected chi connectivity index (χ0v) is 14.1. The summed E-state index contributed by atoms with van der Waals surface area (Å²) in [4.78, 5) is 25.6. The summed E-state index contributed by atoms with van der Waals surface area (Å²) < 4.78 is 0. The molecule has 0 saturated carbocycles. The highest BCUT2D eigenvalue weighted by atomic mass is 28.3. The third kappa shape index (κ3) is 4.83. The van der Waals surface area contributed by atoms with Crippen molar-refractivity contribution < 1.29 is 9.59 Å². The van der Waals surface area contributed by atoms with Gasteiger partial charge in [0.1, 0.15) is 5.54 Å². The third-order valence-electron chi connectivity index (χ3n) is 4.20. The predicted octanol–water partition coefficient (Wildman–Crippen LogP) is 1.05. The first-order valence-corrected chi connectivity index (χ1v) is 10.5. The SMILES string of the molecule is CCN1CCC(C#N)(NC(=O)[CH]C[Si](C)(C)C(N)=O)CC1. The van der Waals surface area contributed by atoms with Gasteiger partial charge in [0.2, 0.25) is 5.91 Å². The number of nitrogens with zero attached hydrogens (tertiary/aromatic N) is 2. The number of amides is 2. The van der Waals surface area contributed by atoms with E-state index in [0.29, 0.717) is 18.9 Å². The lowest BCUT2D eigenvalue weighted by Gasteiger charge is -2.37. The highest BCUT2D eigenvalue weighted by molar-refractivity contribution is 7.04. The van der Waals surface area contributed by atoms with Crippen molar-refractivity contribution in [2.75, 3.05) is 19.6 Å². The van der Waals surface area contributed by atoms with Crippen molar-refractivity contribution in [3.05, 3.63) is 6.42 Å². The van der Waals surface area contributed by atoms with Gasteiger partial charge < -0.3 is 16.0 Å². The van der Waals surface area contributed by atoms with E-state index in [1.54, 1.807) is 0 Å². The average molecular weight is 309 g/mol. The zero-order valence-electron chi connectivity index (χ0n) is 13.1. The fraction of sp³-hybridized carbons (Fsp3) is 0.714. The number of rotatable bonds is 6. The molecule has 1 aliphatic rings. The summed E-state index contributed by atoms with van der Waals surface area (Å²) in [5, 5.41) is 12.2. The van der Waals surface area contributed by atoms with Crippen LogP contribution in [-0.4, -0.2) is 49.6 Å². The van der Waals surface area contributed by atoms with E-state index in [1.807, 2.05) is 13.1 Å².